The number of H-pyrrole nitrogens is 1. The van der Waals surface area contributed by atoms with Crippen LogP contribution in [0.5, 0.6) is 0 Å². The molecule has 1 amide bonds. The van der Waals surface area contributed by atoms with Gasteiger partial charge >= 0.3 is 0 Å². The lowest BCUT2D eigenvalue weighted by Crippen LogP contribution is -2.30. The predicted molar refractivity (Wildman–Crippen MR) is 75.3 cm³/mol. The molecule has 2 aliphatic carbocycles. The van der Waals surface area contributed by atoms with Crippen molar-refractivity contribution in [2.24, 2.45) is 11.7 Å². The second-order valence-corrected chi connectivity index (χ2v) is 6.23. The van der Waals surface area contributed by atoms with Crippen molar-refractivity contribution in [2.75, 3.05) is 0 Å². The number of nitrogens with one attached hydrogen (secondary N) is 1. The number of primary amides is 1. The molecule has 0 saturated heterocycles. The molecule has 1 saturated carbocycles. The van der Waals surface area contributed by atoms with Crippen LogP contribution in [0.15, 0.2) is 18.2 Å². The Hall–Kier alpha value is -1.48. The maximum atomic E-state index is 11.8. The first kappa shape index (κ1) is 11.4. The number of aromatic nitrogens is 1. The quantitative estimate of drug-likeness (QED) is 0.824. The van der Waals surface area contributed by atoms with Crippen LogP contribution in [0.4, 0.5) is 0 Å². The van der Waals surface area contributed by atoms with E-state index < -0.39 is 0 Å². The third-order valence-electron chi connectivity index (χ3n) is 4.80. The van der Waals surface area contributed by atoms with Crippen molar-refractivity contribution in [3.05, 3.63) is 34.5 Å². The van der Waals surface area contributed by atoms with Gasteiger partial charge in [0.15, 0.2) is 0 Å². The van der Waals surface area contributed by atoms with Gasteiger partial charge < -0.3 is 10.7 Å². The second-order valence-electron chi connectivity index (χ2n) is 5.79. The number of carbonyl (C=O) groups excluding carboxylic acids is 1. The lowest BCUT2D eigenvalue weighted by molar-refractivity contribution is -0.120. The average molecular weight is 275 g/mol. The number of halogens is 1. The number of hydrogen-bond acceptors (Lipinski definition) is 1. The molecule has 98 valence electrons. The van der Waals surface area contributed by atoms with E-state index in [2.05, 4.69) is 4.98 Å². The predicted octanol–water partition coefficient (Wildman–Crippen LogP) is 3.29. The molecule has 1 fully saturated rings. The molecule has 0 radical (unpaired) electrons. The average Bonchev–Trinajstić information content (AvgIpc) is 2.92. The number of amides is 1. The molecular formula is C15H15ClN2O. The van der Waals surface area contributed by atoms with Crippen molar-refractivity contribution in [3.63, 3.8) is 0 Å². The van der Waals surface area contributed by atoms with E-state index in [4.69, 9.17) is 17.3 Å². The normalized spacial score (nSPS) is 28.6. The minimum atomic E-state index is -0.204. The fourth-order valence-electron chi connectivity index (χ4n) is 4.08. The van der Waals surface area contributed by atoms with E-state index >= 15 is 0 Å². The summed E-state index contributed by atoms with van der Waals surface area (Å²) >= 11 is 6.11. The van der Waals surface area contributed by atoms with Crippen LogP contribution in [-0.4, -0.2) is 10.9 Å². The molecule has 2 bridgehead atoms. The largest absolute Gasteiger partial charge is 0.369 e. The number of hydrogen-bond donors (Lipinski definition) is 2. The highest BCUT2D eigenvalue weighted by Gasteiger charge is 2.44. The van der Waals surface area contributed by atoms with Gasteiger partial charge in [-0.1, -0.05) is 11.6 Å². The Labute approximate surface area is 116 Å². The lowest BCUT2D eigenvalue weighted by atomic mass is 9.78. The summed E-state index contributed by atoms with van der Waals surface area (Å²) in [5, 5.41) is 1.91. The molecule has 4 heteroatoms. The number of benzene rings is 1. The summed E-state index contributed by atoms with van der Waals surface area (Å²) in [5.41, 5.74) is 9.03. The van der Waals surface area contributed by atoms with Gasteiger partial charge in [0.2, 0.25) is 5.91 Å². The Kier molecular flexibility index (Phi) is 2.25. The van der Waals surface area contributed by atoms with Gasteiger partial charge in [-0.25, -0.2) is 0 Å². The van der Waals surface area contributed by atoms with E-state index in [0.29, 0.717) is 11.8 Å². The lowest BCUT2D eigenvalue weighted by Gasteiger charge is -2.26. The van der Waals surface area contributed by atoms with E-state index in [-0.39, 0.29) is 11.8 Å². The van der Waals surface area contributed by atoms with Gasteiger partial charge in [0.25, 0.3) is 0 Å². The first-order valence-corrected chi connectivity index (χ1v) is 7.13. The molecule has 19 heavy (non-hydrogen) atoms. The van der Waals surface area contributed by atoms with Crippen molar-refractivity contribution < 1.29 is 4.79 Å². The summed E-state index contributed by atoms with van der Waals surface area (Å²) in [5.74, 6) is 0.616. The number of rotatable bonds is 1. The van der Waals surface area contributed by atoms with Crippen molar-refractivity contribution in [3.8, 4) is 0 Å². The van der Waals surface area contributed by atoms with E-state index in [9.17, 15) is 4.79 Å². The number of fused-ring (bicyclic) bond motifs is 6. The topological polar surface area (TPSA) is 58.9 Å². The minimum Gasteiger partial charge on any atom is -0.369 e. The van der Waals surface area contributed by atoms with Crippen LogP contribution < -0.4 is 5.73 Å². The molecule has 0 aliphatic heterocycles. The highest BCUT2D eigenvalue weighted by atomic mass is 35.5. The molecule has 1 heterocycles. The van der Waals surface area contributed by atoms with Crippen molar-refractivity contribution in [1.82, 2.24) is 4.98 Å². The van der Waals surface area contributed by atoms with E-state index in [1.54, 1.807) is 0 Å². The summed E-state index contributed by atoms with van der Waals surface area (Å²) in [7, 11) is 0. The van der Waals surface area contributed by atoms with E-state index in [0.717, 1.165) is 35.5 Å². The van der Waals surface area contributed by atoms with Gasteiger partial charge in [0.1, 0.15) is 0 Å². The van der Waals surface area contributed by atoms with E-state index in [1.807, 2.05) is 18.2 Å². The van der Waals surface area contributed by atoms with Crippen molar-refractivity contribution in [2.45, 2.75) is 31.1 Å². The summed E-state index contributed by atoms with van der Waals surface area (Å²) < 4.78 is 0. The Morgan fingerprint density at radius 2 is 2.21 bits per heavy atom. The minimum absolute atomic E-state index is 0.153. The summed E-state index contributed by atoms with van der Waals surface area (Å²) in [6, 6.07) is 5.87. The van der Waals surface area contributed by atoms with Crippen LogP contribution in [0.2, 0.25) is 5.02 Å². The highest BCUT2D eigenvalue weighted by Crippen LogP contribution is 2.53. The number of aromatic amines is 1. The Morgan fingerprint density at radius 1 is 1.37 bits per heavy atom. The van der Waals surface area contributed by atoms with Gasteiger partial charge in [0, 0.05) is 21.6 Å². The highest BCUT2D eigenvalue weighted by molar-refractivity contribution is 6.31. The van der Waals surface area contributed by atoms with Gasteiger partial charge in [-0.15, -0.1) is 0 Å². The molecule has 2 unspecified atom stereocenters. The molecule has 2 aromatic rings. The Morgan fingerprint density at radius 3 is 3.00 bits per heavy atom. The Balaban J connectivity index is 2.03. The van der Waals surface area contributed by atoms with Crippen LogP contribution in [0, 0.1) is 5.92 Å². The zero-order valence-corrected chi connectivity index (χ0v) is 11.2. The molecular weight excluding hydrogens is 260 g/mol. The standard InChI is InChI=1S/C15H15ClN2O/c16-9-3-4-11-10(6-9)12-7-1-2-8(5-7)13(15(17)19)14(12)18-11/h3-4,6-8,13,18H,1-2,5H2,(H2,17,19)/t7?,8?,13-/m1/s1. The first-order chi connectivity index (χ1) is 9.15. The molecule has 2 aliphatic rings. The third kappa shape index (κ3) is 1.48. The molecule has 3 atom stereocenters. The van der Waals surface area contributed by atoms with Crippen LogP contribution in [0.25, 0.3) is 10.9 Å². The summed E-state index contributed by atoms with van der Waals surface area (Å²) in [6.07, 6.45) is 3.34. The summed E-state index contributed by atoms with van der Waals surface area (Å²) in [6.45, 7) is 0. The van der Waals surface area contributed by atoms with Crippen LogP contribution in [0.3, 0.4) is 0 Å². The van der Waals surface area contributed by atoms with Crippen molar-refractivity contribution in [1.29, 1.82) is 0 Å². The van der Waals surface area contributed by atoms with Crippen LogP contribution >= 0.6 is 11.6 Å². The molecule has 1 aromatic heterocycles. The zero-order chi connectivity index (χ0) is 13.1. The van der Waals surface area contributed by atoms with E-state index in [1.165, 1.54) is 10.9 Å². The molecule has 3 N–H and O–H groups in total. The van der Waals surface area contributed by atoms with Gasteiger partial charge in [-0.2, -0.15) is 0 Å². The fraction of sp³-hybridized carbons (Fsp3) is 0.400. The Bertz CT molecular complexity index is 691. The SMILES string of the molecule is NC(=O)[C@H]1c2[nH]c3ccc(Cl)cc3c2C2CCC1C2. The fourth-order valence-corrected chi connectivity index (χ4v) is 4.25. The van der Waals surface area contributed by atoms with Gasteiger partial charge in [0.05, 0.1) is 5.92 Å². The monoisotopic (exact) mass is 274 g/mol. The van der Waals surface area contributed by atoms with Crippen LogP contribution in [-0.2, 0) is 4.79 Å². The molecule has 3 nitrogen and oxygen atoms in total. The molecule has 4 rings (SSSR count). The zero-order valence-electron chi connectivity index (χ0n) is 10.4. The number of carbonyl (C=O) groups is 1. The smallest absolute Gasteiger partial charge is 0.226 e. The van der Waals surface area contributed by atoms with Crippen molar-refractivity contribution >= 4 is 28.4 Å². The van der Waals surface area contributed by atoms with Crippen LogP contribution in [0.1, 0.15) is 42.4 Å². The molecule has 1 aromatic carbocycles. The first-order valence-electron chi connectivity index (χ1n) is 6.75. The molecule has 0 spiro atoms. The van der Waals surface area contributed by atoms with Gasteiger partial charge in [-0.05, 0) is 54.9 Å². The second kappa shape index (κ2) is 3.76. The third-order valence-corrected chi connectivity index (χ3v) is 5.04. The maximum absolute atomic E-state index is 11.8. The maximum Gasteiger partial charge on any atom is 0.226 e. The summed E-state index contributed by atoms with van der Waals surface area (Å²) in [4.78, 5) is 15.2. The van der Waals surface area contributed by atoms with Gasteiger partial charge in [-0.3, -0.25) is 4.79 Å². The number of nitrogens with two attached hydrogens (primary N) is 1.